The predicted octanol–water partition coefficient (Wildman–Crippen LogP) is 6.05. The lowest BCUT2D eigenvalue weighted by Crippen LogP contribution is -2.55. The number of aliphatic hydroxyl groups excluding tert-OH is 2. The van der Waals surface area contributed by atoms with Crippen LogP contribution in [0.1, 0.15) is 119 Å². The van der Waals surface area contributed by atoms with Crippen LogP contribution in [-0.4, -0.2) is 49.0 Å². The summed E-state index contributed by atoms with van der Waals surface area (Å²) in [5, 5.41) is 19.5. The van der Waals surface area contributed by atoms with E-state index in [1.807, 2.05) is 13.8 Å². The highest BCUT2D eigenvalue weighted by Crippen LogP contribution is 2.54. The van der Waals surface area contributed by atoms with E-state index < -0.39 is 5.79 Å². The first-order valence-electron chi connectivity index (χ1n) is 13.4. The molecule has 0 heterocycles. The van der Waals surface area contributed by atoms with Gasteiger partial charge in [-0.3, -0.25) is 0 Å². The van der Waals surface area contributed by atoms with Crippen molar-refractivity contribution in [3.63, 3.8) is 0 Å². The predicted molar refractivity (Wildman–Crippen MR) is 136 cm³/mol. The summed E-state index contributed by atoms with van der Waals surface area (Å²) in [5.74, 6) is -0.376. The summed E-state index contributed by atoms with van der Waals surface area (Å²) in [5.41, 5.74) is 5.90. The van der Waals surface area contributed by atoms with Gasteiger partial charge in [0.2, 0.25) is 0 Å². The van der Waals surface area contributed by atoms with E-state index in [0.717, 1.165) is 44.9 Å². The Bertz CT molecular complexity index is 437. The first-order valence-corrected chi connectivity index (χ1v) is 13.4. The summed E-state index contributed by atoms with van der Waals surface area (Å²) in [6.45, 7) is 15.1. The molecule has 0 aromatic heterocycles. The van der Waals surface area contributed by atoms with Crippen LogP contribution < -0.4 is 5.73 Å². The number of ether oxygens (including phenoxy) is 2. The Balaban J connectivity index is 6.23. The van der Waals surface area contributed by atoms with Crippen molar-refractivity contribution in [3.05, 3.63) is 0 Å². The zero-order chi connectivity index (χ0) is 24.5. The van der Waals surface area contributed by atoms with Crippen LogP contribution in [0.4, 0.5) is 0 Å². The van der Waals surface area contributed by atoms with E-state index in [9.17, 15) is 10.2 Å². The highest BCUT2D eigenvalue weighted by Gasteiger charge is 2.53. The summed E-state index contributed by atoms with van der Waals surface area (Å²) in [7, 11) is 0. The number of hydrogen-bond acceptors (Lipinski definition) is 5. The van der Waals surface area contributed by atoms with Crippen molar-refractivity contribution in [1.29, 1.82) is 0 Å². The largest absolute Gasteiger partial charge is 0.396 e. The highest BCUT2D eigenvalue weighted by atomic mass is 16.7. The van der Waals surface area contributed by atoms with Gasteiger partial charge in [0.15, 0.2) is 5.79 Å². The van der Waals surface area contributed by atoms with Crippen LogP contribution in [0.25, 0.3) is 0 Å². The molecule has 0 aromatic rings. The second-order valence-electron chi connectivity index (χ2n) is 10.4. The molecule has 0 aliphatic rings. The molecular weight excluding hydrogens is 402 g/mol. The van der Waals surface area contributed by atoms with E-state index in [2.05, 4.69) is 27.7 Å². The topological polar surface area (TPSA) is 84.9 Å². The van der Waals surface area contributed by atoms with Gasteiger partial charge in [-0.05, 0) is 83.6 Å². The summed E-state index contributed by atoms with van der Waals surface area (Å²) in [4.78, 5) is 0. The third-order valence-corrected chi connectivity index (χ3v) is 7.47. The fourth-order valence-corrected chi connectivity index (χ4v) is 5.33. The molecule has 4 N–H and O–H groups in total. The van der Waals surface area contributed by atoms with Gasteiger partial charge in [-0.1, -0.05) is 52.9 Å². The molecule has 2 unspecified atom stereocenters. The minimum atomic E-state index is -0.736. The highest BCUT2D eigenvalue weighted by molar-refractivity contribution is 4.98. The molecule has 194 valence electrons. The van der Waals surface area contributed by atoms with Gasteiger partial charge in [0.05, 0.1) is 0 Å². The van der Waals surface area contributed by atoms with Gasteiger partial charge >= 0.3 is 0 Å². The lowest BCUT2D eigenvalue weighted by Gasteiger charge is -2.53. The summed E-state index contributed by atoms with van der Waals surface area (Å²) in [6.07, 6.45) is 12.6. The monoisotopic (exact) mass is 459 g/mol. The van der Waals surface area contributed by atoms with Gasteiger partial charge in [0.25, 0.3) is 0 Å². The number of rotatable bonds is 22. The van der Waals surface area contributed by atoms with Crippen molar-refractivity contribution in [3.8, 4) is 0 Å². The third kappa shape index (κ3) is 10.4. The molecule has 2 atom stereocenters. The fourth-order valence-electron chi connectivity index (χ4n) is 5.33. The minimum absolute atomic E-state index is 0.0342. The van der Waals surface area contributed by atoms with Gasteiger partial charge in [0, 0.05) is 31.8 Å². The molecule has 5 nitrogen and oxygen atoms in total. The maximum absolute atomic E-state index is 9.82. The molecular formula is C27H57NO4. The average Bonchev–Trinajstić information content (AvgIpc) is 2.76. The van der Waals surface area contributed by atoms with E-state index in [0.29, 0.717) is 25.7 Å². The smallest absolute Gasteiger partial charge is 0.171 e. The first-order chi connectivity index (χ1) is 15.2. The summed E-state index contributed by atoms with van der Waals surface area (Å²) in [6, 6.07) is 0. The van der Waals surface area contributed by atoms with E-state index in [4.69, 9.17) is 15.2 Å². The van der Waals surface area contributed by atoms with Gasteiger partial charge in [-0.15, -0.1) is 0 Å². The average molecular weight is 460 g/mol. The summed E-state index contributed by atoms with van der Waals surface area (Å²) >= 11 is 0. The maximum Gasteiger partial charge on any atom is 0.171 e. The minimum Gasteiger partial charge on any atom is -0.396 e. The molecule has 0 spiro atoms. The van der Waals surface area contributed by atoms with E-state index in [1.165, 1.54) is 32.1 Å². The molecule has 0 aliphatic carbocycles. The van der Waals surface area contributed by atoms with Crippen molar-refractivity contribution >= 4 is 0 Å². The van der Waals surface area contributed by atoms with Gasteiger partial charge in [-0.2, -0.15) is 0 Å². The zero-order valence-electron chi connectivity index (χ0n) is 22.4. The number of nitrogens with two attached hydrogens (primary N) is 1. The molecule has 0 rings (SSSR count). The van der Waals surface area contributed by atoms with Crippen molar-refractivity contribution < 1.29 is 19.7 Å². The van der Waals surface area contributed by atoms with E-state index in [-0.39, 0.29) is 24.0 Å². The van der Waals surface area contributed by atoms with Crippen LogP contribution >= 0.6 is 0 Å². The molecule has 5 heteroatoms. The molecule has 0 saturated carbocycles. The number of hydrogen-bond donors (Lipinski definition) is 3. The zero-order valence-corrected chi connectivity index (χ0v) is 22.4. The van der Waals surface area contributed by atoms with Crippen molar-refractivity contribution in [2.24, 2.45) is 22.5 Å². The Hall–Kier alpha value is -0.200. The van der Waals surface area contributed by atoms with Crippen LogP contribution in [0, 0.1) is 16.7 Å². The number of unbranched alkanes of at least 4 members (excludes halogenated alkanes) is 4. The number of aliphatic hydroxyl groups is 2. The fraction of sp³-hybridized carbons (Fsp3) is 1.00. The molecule has 32 heavy (non-hydrogen) atoms. The second kappa shape index (κ2) is 17.3. The van der Waals surface area contributed by atoms with Gasteiger partial charge in [-0.25, -0.2) is 0 Å². The quantitative estimate of drug-likeness (QED) is 0.136. The van der Waals surface area contributed by atoms with Crippen LogP contribution in [0.2, 0.25) is 0 Å². The molecule has 0 aromatic carbocycles. The van der Waals surface area contributed by atoms with Crippen LogP contribution in [0.5, 0.6) is 0 Å². The van der Waals surface area contributed by atoms with Crippen molar-refractivity contribution in [2.45, 2.75) is 124 Å². The normalized spacial score (nSPS) is 15.7. The lowest BCUT2D eigenvalue weighted by molar-refractivity contribution is -0.306. The first kappa shape index (κ1) is 31.8. The van der Waals surface area contributed by atoms with E-state index >= 15 is 0 Å². The Kier molecular flexibility index (Phi) is 17.2. The Labute approximate surface area is 199 Å². The molecule has 0 saturated heterocycles. The summed E-state index contributed by atoms with van der Waals surface area (Å²) < 4.78 is 12.9. The molecule has 0 bridgehead atoms. The molecule has 0 amide bonds. The van der Waals surface area contributed by atoms with Crippen molar-refractivity contribution in [1.82, 2.24) is 0 Å². The molecule has 0 fully saturated rings. The second-order valence-corrected chi connectivity index (χ2v) is 10.4. The Morgan fingerprint density at radius 3 is 1.78 bits per heavy atom. The Morgan fingerprint density at radius 2 is 1.28 bits per heavy atom. The Morgan fingerprint density at radius 1 is 0.719 bits per heavy atom. The van der Waals surface area contributed by atoms with Gasteiger partial charge in [0.1, 0.15) is 0 Å². The van der Waals surface area contributed by atoms with E-state index in [1.54, 1.807) is 0 Å². The third-order valence-electron chi connectivity index (χ3n) is 7.47. The van der Waals surface area contributed by atoms with Crippen molar-refractivity contribution in [2.75, 3.05) is 33.0 Å². The van der Waals surface area contributed by atoms with Crippen LogP contribution in [0.15, 0.2) is 0 Å². The van der Waals surface area contributed by atoms with Crippen LogP contribution in [-0.2, 0) is 9.47 Å². The lowest BCUT2D eigenvalue weighted by atomic mass is 9.59. The molecule has 0 radical (unpaired) electrons. The molecule has 0 aliphatic heterocycles. The SMILES string of the molecule is CCCCCCCC(CCCO)C(CCCO)(CCC(C)(C)CN)C(C)(OCC)OCC. The standard InChI is InChI=1S/C27H57NO4/c1-7-10-11-12-13-16-24(17-14-21-29)27(18-15-22-30,20-19-25(4,5)23-28)26(6,31-8-2)32-9-3/h24,29-30H,7-23,28H2,1-6H3. The van der Waals surface area contributed by atoms with Gasteiger partial charge < -0.3 is 25.4 Å². The van der Waals surface area contributed by atoms with Crippen LogP contribution in [0.3, 0.4) is 0 Å². The maximum atomic E-state index is 9.82.